The van der Waals surface area contributed by atoms with Crippen LogP contribution in [-0.4, -0.2) is 29.9 Å². The third-order valence-electron chi connectivity index (χ3n) is 17.3. The molecule has 2 aliphatic rings. The largest absolute Gasteiger partial charge is 0.488 e. The number of H-pyrrole nitrogens is 3. The van der Waals surface area contributed by atoms with Crippen molar-refractivity contribution in [3.05, 3.63) is 191 Å². The maximum absolute atomic E-state index is 6.16. The predicted molar refractivity (Wildman–Crippen MR) is 343 cm³/mol. The SMILES string of the molecule is CC(C)c1ccc2c(c1)COc1cc3c(ccc4[nH]c(C(C)C)nc43)cc1-2.CC(C)c1ccc2c(ccc3cc4c(cc32)CCc2[nH]c(C(C)C)nc2-4)c1.CC(C)c1ccc2c(ccc3cc4c(ccc5[nH]c(C(C)C)nc54)cc32)c1. The number of nitrogens with zero attached hydrogens (tertiary/aromatic N) is 3. The van der Waals surface area contributed by atoms with Gasteiger partial charge in [-0.2, -0.15) is 0 Å². The number of aromatic nitrogens is 6. The van der Waals surface area contributed by atoms with E-state index in [4.69, 9.17) is 19.7 Å². The molecule has 7 nitrogen and oxygen atoms in total. The van der Waals surface area contributed by atoms with Crippen molar-refractivity contribution in [1.29, 1.82) is 0 Å². The van der Waals surface area contributed by atoms with Crippen LogP contribution in [0.4, 0.5) is 0 Å². The van der Waals surface area contributed by atoms with Gasteiger partial charge in [-0.1, -0.05) is 174 Å². The van der Waals surface area contributed by atoms with Crippen LogP contribution in [0.25, 0.3) is 109 Å². The van der Waals surface area contributed by atoms with Gasteiger partial charge < -0.3 is 19.7 Å². The number of rotatable bonds is 6. The number of imidazole rings is 3. The van der Waals surface area contributed by atoms with E-state index in [1.165, 1.54) is 109 Å². The number of hydrogen-bond donors (Lipinski definition) is 3. The van der Waals surface area contributed by atoms with Gasteiger partial charge in [-0.05, 0) is 166 Å². The summed E-state index contributed by atoms with van der Waals surface area (Å²) in [4.78, 5) is 25.2. The highest BCUT2D eigenvalue weighted by molar-refractivity contribution is 6.16. The van der Waals surface area contributed by atoms with Crippen molar-refractivity contribution >= 4 is 86.7 Å². The lowest BCUT2D eigenvalue weighted by molar-refractivity contribution is 0.302. The van der Waals surface area contributed by atoms with E-state index in [0.717, 1.165) is 69.2 Å². The third-order valence-corrected chi connectivity index (χ3v) is 17.3. The Kier molecular flexibility index (Phi) is 13.1. The van der Waals surface area contributed by atoms with Gasteiger partial charge in [0, 0.05) is 45.3 Å². The summed E-state index contributed by atoms with van der Waals surface area (Å²) < 4.78 is 6.16. The fourth-order valence-electron chi connectivity index (χ4n) is 12.3. The molecule has 0 saturated heterocycles. The normalized spacial score (nSPS) is 13.1. The minimum atomic E-state index is 0.378. The summed E-state index contributed by atoms with van der Waals surface area (Å²) in [5, 5.41) is 15.4. The van der Waals surface area contributed by atoms with E-state index in [1.54, 1.807) is 0 Å². The fourth-order valence-corrected chi connectivity index (χ4v) is 12.3. The highest BCUT2D eigenvalue weighted by atomic mass is 16.5. The summed E-state index contributed by atoms with van der Waals surface area (Å²) >= 11 is 0. The molecule has 0 spiro atoms. The van der Waals surface area contributed by atoms with E-state index in [9.17, 15) is 0 Å². The molecule has 0 atom stereocenters. The van der Waals surface area contributed by atoms with Gasteiger partial charge in [-0.25, -0.2) is 15.0 Å². The summed E-state index contributed by atoms with van der Waals surface area (Å²) in [7, 11) is 0. The number of ether oxygens (including phenoxy) is 1. The molecule has 406 valence electrons. The molecule has 10 aromatic carbocycles. The van der Waals surface area contributed by atoms with Crippen LogP contribution in [0.2, 0.25) is 0 Å². The molecule has 0 saturated carbocycles. The lowest BCUT2D eigenvalue weighted by Crippen LogP contribution is -2.06. The molecule has 13 aromatic rings. The zero-order valence-electron chi connectivity index (χ0n) is 49.1. The van der Waals surface area contributed by atoms with Crippen LogP contribution in [0.15, 0.2) is 140 Å². The summed E-state index contributed by atoms with van der Waals surface area (Å²) in [5.74, 6) is 6.97. The second-order valence-corrected chi connectivity index (χ2v) is 24.9. The zero-order valence-corrected chi connectivity index (χ0v) is 49.1. The summed E-state index contributed by atoms with van der Waals surface area (Å²) in [6.07, 6.45) is 2.13. The Morgan fingerprint density at radius 2 is 0.802 bits per heavy atom. The molecule has 81 heavy (non-hydrogen) atoms. The van der Waals surface area contributed by atoms with Crippen molar-refractivity contribution in [3.63, 3.8) is 0 Å². The van der Waals surface area contributed by atoms with E-state index in [-0.39, 0.29) is 0 Å². The molecule has 1 aliphatic carbocycles. The smallest absolute Gasteiger partial charge is 0.128 e. The Morgan fingerprint density at radius 3 is 1.38 bits per heavy atom. The van der Waals surface area contributed by atoms with Gasteiger partial charge in [0.15, 0.2) is 0 Å². The molecule has 1 aliphatic heterocycles. The lowest BCUT2D eigenvalue weighted by Gasteiger charge is -2.23. The van der Waals surface area contributed by atoms with Crippen LogP contribution < -0.4 is 4.74 Å². The van der Waals surface area contributed by atoms with Crippen LogP contribution >= 0.6 is 0 Å². The maximum Gasteiger partial charge on any atom is 0.128 e. The Labute approximate surface area is 475 Å². The molecule has 0 amide bonds. The van der Waals surface area contributed by atoms with Crippen molar-refractivity contribution in [2.75, 3.05) is 0 Å². The van der Waals surface area contributed by atoms with Crippen LogP contribution in [0.5, 0.6) is 5.75 Å². The number of nitrogens with one attached hydrogen (secondary N) is 3. The average Bonchev–Trinajstić information content (AvgIpc) is 4.47. The lowest BCUT2D eigenvalue weighted by atomic mass is 9.88. The monoisotopic (exact) mass is 1060 g/mol. The topological polar surface area (TPSA) is 95.3 Å². The summed E-state index contributed by atoms with van der Waals surface area (Å²) in [6.45, 7) is 27.2. The van der Waals surface area contributed by atoms with Crippen molar-refractivity contribution < 1.29 is 4.74 Å². The Bertz CT molecular complexity index is 4620. The summed E-state index contributed by atoms with van der Waals surface area (Å²) in [6, 6.07) is 52.1. The molecular formula is C74H74N6O. The number of fused-ring (bicyclic) bond motifs is 18. The molecule has 3 N–H and O–H groups in total. The van der Waals surface area contributed by atoms with Crippen LogP contribution in [0, 0.1) is 0 Å². The molecule has 0 fully saturated rings. The van der Waals surface area contributed by atoms with Crippen molar-refractivity contribution in [3.8, 4) is 28.1 Å². The van der Waals surface area contributed by atoms with Gasteiger partial charge in [0.25, 0.3) is 0 Å². The molecular weight excluding hydrogens is 989 g/mol. The predicted octanol–water partition coefficient (Wildman–Crippen LogP) is 20.5. The molecule has 0 bridgehead atoms. The molecule has 0 unspecified atom stereocenters. The van der Waals surface area contributed by atoms with Crippen molar-refractivity contribution in [1.82, 2.24) is 29.9 Å². The van der Waals surface area contributed by atoms with Gasteiger partial charge in [-0.15, -0.1) is 0 Å². The molecule has 4 heterocycles. The van der Waals surface area contributed by atoms with Gasteiger partial charge in [0.2, 0.25) is 0 Å². The summed E-state index contributed by atoms with van der Waals surface area (Å²) in [5.41, 5.74) is 17.4. The Morgan fingerprint density at radius 1 is 0.346 bits per heavy atom. The van der Waals surface area contributed by atoms with Gasteiger partial charge in [0.1, 0.15) is 29.8 Å². The van der Waals surface area contributed by atoms with Gasteiger partial charge in [-0.3, -0.25) is 0 Å². The molecule has 0 radical (unpaired) electrons. The fraction of sp³-hybridized carbons (Fsp3) is 0.284. The van der Waals surface area contributed by atoms with E-state index >= 15 is 0 Å². The highest BCUT2D eigenvalue weighted by Gasteiger charge is 2.24. The van der Waals surface area contributed by atoms with E-state index in [1.807, 2.05) is 0 Å². The first kappa shape index (κ1) is 52.1. The van der Waals surface area contributed by atoms with E-state index < -0.39 is 0 Å². The van der Waals surface area contributed by atoms with Crippen molar-refractivity contribution in [2.24, 2.45) is 0 Å². The Balaban J connectivity index is 0.000000114. The Hall–Kier alpha value is -8.29. The first-order chi connectivity index (χ1) is 39.0. The van der Waals surface area contributed by atoms with E-state index in [0.29, 0.717) is 42.1 Å². The third kappa shape index (κ3) is 9.38. The van der Waals surface area contributed by atoms with Crippen molar-refractivity contribution in [2.45, 2.75) is 138 Å². The van der Waals surface area contributed by atoms with Crippen LogP contribution in [-0.2, 0) is 19.4 Å². The number of benzene rings is 10. The number of hydrogen-bond acceptors (Lipinski definition) is 4. The zero-order chi connectivity index (χ0) is 56.1. The average molecular weight is 1060 g/mol. The van der Waals surface area contributed by atoms with Gasteiger partial charge in [0.05, 0.1) is 27.8 Å². The second kappa shape index (κ2) is 20.4. The standard InChI is InChI=1S/C25H26N2.C25H24N2.C24H24N2O/c2*1-14(2)16-7-9-20-17(11-16)5-6-18-13-22-19(12-21(18)20)8-10-23-24(22)27-25(26-23)15(3)4;1-13(2)15-5-7-18-17(9-15)12-27-22-11-19-16(10-20(18)22)6-8-21-23(19)26-24(25-21)14(3)4/h5-7,9,11-15H,8,10H2,1-4H3,(H,26,27);5-15H,1-4H3,(H,26,27);5-11,13-14H,12H2,1-4H3,(H,25,26). The minimum absolute atomic E-state index is 0.378. The van der Waals surface area contributed by atoms with Crippen LogP contribution in [0.3, 0.4) is 0 Å². The first-order valence-corrected chi connectivity index (χ1v) is 29.6. The van der Waals surface area contributed by atoms with E-state index in [2.05, 4.69) is 238 Å². The van der Waals surface area contributed by atoms with Crippen LogP contribution in [0.1, 0.15) is 170 Å². The van der Waals surface area contributed by atoms with Gasteiger partial charge >= 0.3 is 0 Å². The molecule has 3 aromatic heterocycles. The molecule has 15 rings (SSSR count). The first-order valence-electron chi connectivity index (χ1n) is 29.6. The number of aryl methyl sites for hydroxylation is 2. The number of aromatic amines is 3. The quantitative estimate of drug-likeness (QED) is 0.114. The maximum atomic E-state index is 6.16. The molecule has 7 heteroatoms. The minimum Gasteiger partial charge on any atom is -0.488 e. The second-order valence-electron chi connectivity index (χ2n) is 24.9. The highest BCUT2D eigenvalue weighted by Crippen LogP contribution is 2.43.